The standard InChI is InChI=1S/C10H14N2O2S/c1-8(10-4-2-3-7-11-10)15(13,14)12-9-5-6-9/h2-4,7-9,12H,5-6H2,1H3/t8-/m0/s1. The third-order valence-electron chi connectivity index (χ3n) is 2.48. The zero-order chi connectivity index (χ0) is 10.9. The van der Waals surface area contributed by atoms with Gasteiger partial charge in [0.25, 0.3) is 0 Å². The number of nitrogens with zero attached hydrogens (tertiary/aromatic N) is 1. The minimum Gasteiger partial charge on any atom is -0.260 e. The molecule has 1 saturated carbocycles. The zero-order valence-electron chi connectivity index (χ0n) is 8.55. The third-order valence-corrected chi connectivity index (χ3v) is 4.31. The number of hydrogen-bond acceptors (Lipinski definition) is 3. The van der Waals surface area contributed by atoms with E-state index in [0.717, 1.165) is 12.8 Å². The maximum absolute atomic E-state index is 11.8. The van der Waals surface area contributed by atoms with Crippen molar-refractivity contribution in [2.24, 2.45) is 0 Å². The van der Waals surface area contributed by atoms with Gasteiger partial charge in [-0.1, -0.05) is 6.07 Å². The minimum atomic E-state index is -3.26. The first-order chi connectivity index (χ1) is 7.09. The lowest BCUT2D eigenvalue weighted by atomic mass is 10.3. The molecule has 0 amide bonds. The van der Waals surface area contributed by atoms with Gasteiger partial charge in [-0.15, -0.1) is 0 Å². The van der Waals surface area contributed by atoms with E-state index in [1.165, 1.54) is 0 Å². The highest BCUT2D eigenvalue weighted by Gasteiger charge is 2.31. The smallest absolute Gasteiger partial charge is 0.220 e. The van der Waals surface area contributed by atoms with Crippen molar-refractivity contribution >= 4 is 10.0 Å². The topological polar surface area (TPSA) is 59.1 Å². The van der Waals surface area contributed by atoms with E-state index in [9.17, 15) is 8.42 Å². The second-order valence-corrected chi connectivity index (χ2v) is 5.87. The van der Waals surface area contributed by atoms with Gasteiger partial charge >= 0.3 is 0 Å². The van der Waals surface area contributed by atoms with E-state index in [2.05, 4.69) is 9.71 Å². The van der Waals surface area contributed by atoms with Crippen LogP contribution in [0.25, 0.3) is 0 Å². The van der Waals surface area contributed by atoms with Gasteiger partial charge in [-0.2, -0.15) is 0 Å². The summed E-state index contributed by atoms with van der Waals surface area (Å²) < 4.78 is 26.3. The molecular weight excluding hydrogens is 212 g/mol. The van der Waals surface area contributed by atoms with Crippen molar-refractivity contribution < 1.29 is 8.42 Å². The molecule has 1 N–H and O–H groups in total. The van der Waals surface area contributed by atoms with Gasteiger partial charge in [0.1, 0.15) is 5.25 Å². The molecule has 1 fully saturated rings. The number of sulfonamides is 1. The Labute approximate surface area is 89.8 Å². The van der Waals surface area contributed by atoms with Gasteiger partial charge in [-0.05, 0) is 31.9 Å². The van der Waals surface area contributed by atoms with Crippen LogP contribution in [-0.4, -0.2) is 19.4 Å². The summed E-state index contributed by atoms with van der Waals surface area (Å²) in [6, 6.07) is 5.46. The lowest BCUT2D eigenvalue weighted by Crippen LogP contribution is -2.30. The molecule has 0 saturated heterocycles. The highest BCUT2D eigenvalue weighted by molar-refractivity contribution is 7.89. The Balaban J connectivity index is 2.15. The Kier molecular flexibility index (Phi) is 2.75. The molecule has 1 aromatic rings. The Bertz CT molecular complexity index is 426. The maximum Gasteiger partial charge on any atom is 0.220 e. The predicted molar refractivity (Wildman–Crippen MR) is 57.7 cm³/mol. The van der Waals surface area contributed by atoms with E-state index < -0.39 is 15.3 Å². The number of pyridine rings is 1. The molecule has 15 heavy (non-hydrogen) atoms. The molecule has 0 aliphatic heterocycles. The fourth-order valence-corrected chi connectivity index (χ4v) is 2.67. The van der Waals surface area contributed by atoms with Crippen LogP contribution in [-0.2, 0) is 10.0 Å². The van der Waals surface area contributed by atoms with Crippen LogP contribution in [0.3, 0.4) is 0 Å². The van der Waals surface area contributed by atoms with Crippen molar-refractivity contribution in [2.75, 3.05) is 0 Å². The van der Waals surface area contributed by atoms with E-state index in [4.69, 9.17) is 0 Å². The van der Waals surface area contributed by atoms with E-state index in [1.54, 1.807) is 31.3 Å². The third kappa shape index (κ3) is 2.54. The molecule has 4 nitrogen and oxygen atoms in total. The molecule has 1 aromatic heterocycles. The van der Waals surface area contributed by atoms with Crippen molar-refractivity contribution in [3.8, 4) is 0 Å². The number of aromatic nitrogens is 1. The first-order valence-electron chi connectivity index (χ1n) is 5.01. The Morgan fingerprint density at radius 1 is 1.47 bits per heavy atom. The van der Waals surface area contributed by atoms with Gasteiger partial charge in [-0.3, -0.25) is 4.98 Å². The van der Waals surface area contributed by atoms with Crippen molar-refractivity contribution in [1.82, 2.24) is 9.71 Å². The second kappa shape index (κ2) is 3.90. The number of rotatable bonds is 4. The van der Waals surface area contributed by atoms with Crippen LogP contribution in [0.1, 0.15) is 30.7 Å². The van der Waals surface area contributed by atoms with Crippen molar-refractivity contribution in [2.45, 2.75) is 31.1 Å². The quantitative estimate of drug-likeness (QED) is 0.840. The normalized spacial score (nSPS) is 18.7. The first kappa shape index (κ1) is 10.6. The van der Waals surface area contributed by atoms with Crippen LogP contribution in [0.5, 0.6) is 0 Å². The van der Waals surface area contributed by atoms with Crippen LogP contribution in [0.15, 0.2) is 24.4 Å². The van der Waals surface area contributed by atoms with Crippen molar-refractivity contribution in [1.29, 1.82) is 0 Å². The summed E-state index contributed by atoms with van der Waals surface area (Å²) in [5.74, 6) is 0. The van der Waals surface area contributed by atoms with Crippen molar-refractivity contribution in [3.05, 3.63) is 30.1 Å². The van der Waals surface area contributed by atoms with E-state index >= 15 is 0 Å². The average molecular weight is 226 g/mol. The van der Waals surface area contributed by atoms with Gasteiger partial charge in [0, 0.05) is 12.2 Å². The molecule has 5 heteroatoms. The molecule has 1 atom stereocenters. The predicted octanol–water partition coefficient (Wildman–Crippen LogP) is 1.22. The van der Waals surface area contributed by atoms with Crippen molar-refractivity contribution in [3.63, 3.8) is 0 Å². The summed E-state index contributed by atoms with van der Waals surface area (Å²) in [5.41, 5.74) is 0.589. The highest BCUT2D eigenvalue weighted by Crippen LogP contribution is 2.25. The highest BCUT2D eigenvalue weighted by atomic mass is 32.2. The largest absolute Gasteiger partial charge is 0.260 e. The van der Waals surface area contributed by atoms with E-state index in [0.29, 0.717) is 5.69 Å². The Morgan fingerprint density at radius 2 is 2.20 bits per heavy atom. The number of hydrogen-bond donors (Lipinski definition) is 1. The summed E-state index contributed by atoms with van der Waals surface area (Å²) in [7, 11) is -3.26. The molecule has 2 rings (SSSR count). The lowest BCUT2D eigenvalue weighted by Gasteiger charge is -2.12. The molecule has 1 aliphatic carbocycles. The van der Waals surface area contributed by atoms with Crippen LogP contribution >= 0.6 is 0 Å². The average Bonchev–Trinajstić information content (AvgIpc) is 3.01. The summed E-state index contributed by atoms with van der Waals surface area (Å²) in [4.78, 5) is 4.05. The monoisotopic (exact) mass is 226 g/mol. The van der Waals surface area contributed by atoms with E-state index in [-0.39, 0.29) is 6.04 Å². The maximum atomic E-state index is 11.8. The van der Waals surface area contributed by atoms with Crippen LogP contribution < -0.4 is 4.72 Å². The second-order valence-electron chi connectivity index (χ2n) is 3.83. The summed E-state index contributed by atoms with van der Waals surface area (Å²) in [6.07, 6.45) is 3.51. The molecule has 0 unspecified atom stereocenters. The Hall–Kier alpha value is -0.940. The first-order valence-corrected chi connectivity index (χ1v) is 6.56. The lowest BCUT2D eigenvalue weighted by molar-refractivity contribution is 0.569. The van der Waals surface area contributed by atoms with Gasteiger partial charge in [0.05, 0.1) is 5.69 Å². The van der Waals surface area contributed by atoms with E-state index in [1.807, 2.05) is 0 Å². The molecule has 0 aromatic carbocycles. The van der Waals surface area contributed by atoms with Gasteiger partial charge in [0.15, 0.2) is 0 Å². The summed E-state index contributed by atoms with van der Waals surface area (Å²) in [5, 5.41) is -0.584. The van der Waals surface area contributed by atoms with Gasteiger partial charge < -0.3 is 0 Å². The molecular formula is C10H14N2O2S. The Morgan fingerprint density at radius 3 is 2.73 bits per heavy atom. The van der Waals surface area contributed by atoms with Gasteiger partial charge in [0.2, 0.25) is 10.0 Å². The fraction of sp³-hybridized carbons (Fsp3) is 0.500. The molecule has 1 heterocycles. The van der Waals surface area contributed by atoms with Crippen LogP contribution in [0.4, 0.5) is 0 Å². The molecule has 1 aliphatic rings. The van der Waals surface area contributed by atoms with Gasteiger partial charge in [-0.25, -0.2) is 13.1 Å². The van der Waals surface area contributed by atoms with Crippen LogP contribution in [0.2, 0.25) is 0 Å². The number of nitrogens with one attached hydrogen (secondary N) is 1. The molecule has 82 valence electrons. The molecule has 0 radical (unpaired) electrons. The SMILES string of the molecule is C[C@@H](c1ccccn1)S(=O)(=O)NC1CC1. The zero-order valence-corrected chi connectivity index (χ0v) is 9.37. The van der Waals surface area contributed by atoms with Crippen LogP contribution in [0, 0.1) is 0 Å². The molecule has 0 bridgehead atoms. The minimum absolute atomic E-state index is 0.154. The molecule has 0 spiro atoms. The summed E-state index contributed by atoms with van der Waals surface area (Å²) >= 11 is 0. The fourth-order valence-electron chi connectivity index (χ4n) is 1.31. The summed E-state index contributed by atoms with van der Waals surface area (Å²) in [6.45, 7) is 1.66.